The molecular weight excluding hydrogens is 243 g/mol. The summed E-state index contributed by atoms with van der Waals surface area (Å²) in [5.41, 5.74) is 0.0323. The van der Waals surface area contributed by atoms with Gasteiger partial charge in [-0.15, -0.1) is 0 Å². The van der Waals surface area contributed by atoms with Gasteiger partial charge in [-0.25, -0.2) is 0 Å². The first-order chi connectivity index (χ1) is 8.50. The van der Waals surface area contributed by atoms with Crippen LogP contribution in [0.15, 0.2) is 24.3 Å². The summed E-state index contributed by atoms with van der Waals surface area (Å²) in [6.07, 6.45) is -2.16. The van der Waals surface area contributed by atoms with Crippen LogP contribution in [0.3, 0.4) is 0 Å². The van der Waals surface area contributed by atoms with Gasteiger partial charge in [-0.2, -0.15) is 13.2 Å². The van der Waals surface area contributed by atoms with Gasteiger partial charge in [-0.05, 0) is 24.5 Å². The van der Waals surface area contributed by atoms with E-state index in [9.17, 15) is 13.2 Å². The summed E-state index contributed by atoms with van der Waals surface area (Å²) in [6, 6.07) is 5.82. The van der Waals surface area contributed by atoms with Gasteiger partial charge in [0.25, 0.3) is 0 Å². The smallest absolute Gasteiger partial charge is 0.395 e. The fraction of sp³-hybridized carbons (Fsp3) is 0.538. The third-order valence-corrected chi connectivity index (χ3v) is 3.09. The Morgan fingerprint density at radius 2 is 2.00 bits per heavy atom. The van der Waals surface area contributed by atoms with Crippen LogP contribution in [-0.2, 0) is 12.7 Å². The molecule has 1 N–H and O–H groups in total. The molecular formula is C13H16F3NO. The number of aliphatic hydroxyl groups excluding tert-OH is 1. The highest BCUT2D eigenvalue weighted by Crippen LogP contribution is 2.31. The lowest BCUT2D eigenvalue weighted by molar-refractivity contribution is -0.137. The molecule has 1 aliphatic carbocycles. The second-order valence-corrected chi connectivity index (χ2v) is 4.62. The largest absolute Gasteiger partial charge is 0.416 e. The van der Waals surface area contributed by atoms with Gasteiger partial charge >= 0.3 is 6.18 Å². The fourth-order valence-corrected chi connectivity index (χ4v) is 2.04. The molecule has 0 aromatic heterocycles. The summed E-state index contributed by atoms with van der Waals surface area (Å²) >= 11 is 0. The molecule has 2 nitrogen and oxygen atoms in total. The van der Waals surface area contributed by atoms with Crippen LogP contribution in [-0.4, -0.2) is 29.2 Å². The van der Waals surface area contributed by atoms with Gasteiger partial charge < -0.3 is 5.11 Å². The average molecular weight is 259 g/mol. The van der Waals surface area contributed by atoms with Gasteiger partial charge in [0, 0.05) is 19.1 Å². The number of hydrogen-bond acceptors (Lipinski definition) is 2. The predicted octanol–water partition coefficient (Wildman–Crippen LogP) is 2.66. The van der Waals surface area contributed by atoms with Crippen molar-refractivity contribution in [2.75, 3.05) is 13.2 Å². The maximum atomic E-state index is 12.6. The summed E-state index contributed by atoms with van der Waals surface area (Å²) in [7, 11) is 0. The van der Waals surface area contributed by atoms with E-state index in [1.54, 1.807) is 6.07 Å². The summed E-state index contributed by atoms with van der Waals surface area (Å²) in [5, 5.41) is 8.95. The molecule has 2 rings (SSSR count). The number of aliphatic hydroxyl groups is 1. The predicted molar refractivity (Wildman–Crippen MR) is 62.0 cm³/mol. The summed E-state index contributed by atoms with van der Waals surface area (Å²) < 4.78 is 37.7. The van der Waals surface area contributed by atoms with E-state index in [4.69, 9.17) is 5.11 Å². The first-order valence-electron chi connectivity index (χ1n) is 6.02. The molecule has 5 heteroatoms. The topological polar surface area (TPSA) is 23.5 Å². The highest BCUT2D eigenvalue weighted by molar-refractivity contribution is 5.25. The lowest BCUT2D eigenvalue weighted by atomic mass is 10.1. The number of halogens is 3. The van der Waals surface area contributed by atoms with Gasteiger partial charge in [0.15, 0.2) is 0 Å². The zero-order valence-electron chi connectivity index (χ0n) is 9.95. The molecule has 0 saturated heterocycles. The zero-order valence-corrected chi connectivity index (χ0v) is 9.95. The van der Waals surface area contributed by atoms with Crippen molar-refractivity contribution in [1.82, 2.24) is 4.90 Å². The van der Waals surface area contributed by atoms with Crippen LogP contribution in [0.25, 0.3) is 0 Å². The van der Waals surface area contributed by atoms with Gasteiger partial charge in [0.05, 0.1) is 12.2 Å². The van der Waals surface area contributed by atoms with Crippen LogP contribution in [0.5, 0.6) is 0 Å². The highest BCUT2D eigenvalue weighted by atomic mass is 19.4. The molecule has 0 aliphatic heterocycles. The zero-order chi connectivity index (χ0) is 13.2. The van der Waals surface area contributed by atoms with Gasteiger partial charge in [-0.3, -0.25) is 4.90 Å². The summed E-state index contributed by atoms with van der Waals surface area (Å²) in [6.45, 7) is 1.02. The van der Waals surface area contributed by atoms with Gasteiger partial charge in [0.2, 0.25) is 0 Å². The number of nitrogens with zero attached hydrogens (tertiary/aromatic N) is 1. The van der Waals surface area contributed by atoms with E-state index >= 15 is 0 Å². The Morgan fingerprint density at radius 1 is 1.28 bits per heavy atom. The first kappa shape index (κ1) is 13.4. The van der Waals surface area contributed by atoms with Gasteiger partial charge in [-0.1, -0.05) is 18.2 Å². The fourth-order valence-electron chi connectivity index (χ4n) is 2.04. The molecule has 1 fully saturated rings. The SMILES string of the molecule is OCCN(Cc1cccc(C(F)(F)F)c1)C1CC1. The summed E-state index contributed by atoms with van der Waals surface area (Å²) in [5.74, 6) is 0. The van der Waals surface area contributed by atoms with E-state index in [0.29, 0.717) is 24.7 Å². The van der Waals surface area contributed by atoms with E-state index in [-0.39, 0.29) is 6.61 Å². The van der Waals surface area contributed by atoms with Crippen molar-refractivity contribution in [2.45, 2.75) is 31.6 Å². The molecule has 0 bridgehead atoms. The van der Waals surface area contributed by atoms with Crippen molar-refractivity contribution < 1.29 is 18.3 Å². The van der Waals surface area contributed by atoms with Crippen molar-refractivity contribution in [3.63, 3.8) is 0 Å². The Morgan fingerprint density at radius 3 is 2.56 bits per heavy atom. The van der Waals surface area contributed by atoms with E-state index in [1.165, 1.54) is 12.1 Å². The lowest BCUT2D eigenvalue weighted by Gasteiger charge is -2.21. The van der Waals surface area contributed by atoms with Crippen molar-refractivity contribution in [3.05, 3.63) is 35.4 Å². The second-order valence-electron chi connectivity index (χ2n) is 4.62. The van der Waals surface area contributed by atoms with Crippen LogP contribution in [0.1, 0.15) is 24.0 Å². The van der Waals surface area contributed by atoms with E-state index in [1.807, 2.05) is 4.90 Å². The van der Waals surface area contributed by atoms with E-state index in [0.717, 1.165) is 18.9 Å². The lowest BCUT2D eigenvalue weighted by Crippen LogP contribution is -2.28. The van der Waals surface area contributed by atoms with Crippen LogP contribution >= 0.6 is 0 Å². The maximum absolute atomic E-state index is 12.6. The molecule has 100 valence electrons. The van der Waals surface area contributed by atoms with Crippen LogP contribution in [0.4, 0.5) is 13.2 Å². The number of benzene rings is 1. The molecule has 0 spiro atoms. The third kappa shape index (κ3) is 3.46. The third-order valence-electron chi connectivity index (χ3n) is 3.09. The monoisotopic (exact) mass is 259 g/mol. The average Bonchev–Trinajstić information content (AvgIpc) is 3.11. The van der Waals surface area contributed by atoms with Crippen LogP contribution in [0.2, 0.25) is 0 Å². The standard InChI is InChI=1S/C13H16F3NO/c14-13(15,16)11-3-1-2-10(8-11)9-17(6-7-18)12-4-5-12/h1-3,8,12,18H,4-7,9H2. The maximum Gasteiger partial charge on any atom is 0.416 e. The highest BCUT2D eigenvalue weighted by Gasteiger charge is 2.31. The van der Waals surface area contributed by atoms with Crippen LogP contribution < -0.4 is 0 Å². The van der Waals surface area contributed by atoms with E-state index < -0.39 is 11.7 Å². The van der Waals surface area contributed by atoms with E-state index in [2.05, 4.69) is 0 Å². The molecule has 1 aliphatic rings. The molecule has 0 atom stereocenters. The van der Waals surface area contributed by atoms with Crippen LogP contribution in [0, 0.1) is 0 Å². The molecule has 0 unspecified atom stereocenters. The Kier molecular flexibility index (Phi) is 3.92. The van der Waals surface area contributed by atoms with Crippen molar-refractivity contribution >= 4 is 0 Å². The molecule has 0 radical (unpaired) electrons. The van der Waals surface area contributed by atoms with Crippen molar-refractivity contribution in [3.8, 4) is 0 Å². The molecule has 18 heavy (non-hydrogen) atoms. The molecule has 1 aromatic rings. The molecule has 0 amide bonds. The molecule has 1 aromatic carbocycles. The van der Waals surface area contributed by atoms with Gasteiger partial charge in [0.1, 0.15) is 0 Å². The quantitative estimate of drug-likeness (QED) is 0.878. The molecule has 0 heterocycles. The Labute approximate surface area is 104 Å². The minimum Gasteiger partial charge on any atom is -0.395 e. The minimum atomic E-state index is -4.29. The Balaban J connectivity index is 2.08. The number of hydrogen-bond donors (Lipinski definition) is 1. The first-order valence-corrected chi connectivity index (χ1v) is 6.02. The number of alkyl halides is 3. The molecule has 1 saturated carbocycles. The Hall–Kier alpha value is -1.07. The minimum absolute atomic E-state index is 0.0372. The number of rotatable bonds is 5. The van der Waals surface area contributed by atoms with Crippen molar-refractivity contribution in [2.24, 2.45) is 0 Å². The second kappa shape index (κ2) is 5.28. The summed E-state index contributed by atoms with van der Waals surface area (Å²) in [4.78, 5) is 2.04. The van der Waals surface area contributed by atoms with Crippen molar-refractivity contribution in [1.29, 1.82) is 0 Å². The Bertz CT molecular complexity index is 401. The normalized spacial score (nSPS) is 16.3.